The summed E-state index contributed by atoms with van der Waals surface area (Å²) in [5, 5.41) is 1.18. The van der Waals surface area contributed by atoms with Gasteiger partial charge in [0.1, 0.15) is 6.61 Å². The number of fused-ring (bicyclic) bond motifs is 3. The van der Waals surface area contributed by atoms with Crippen LogP contribution in [0, 0.1) is 0 Å². The lowest BCUT2D eigenvalue weighted by Gasteiger charge is -2.33. The van der Waals surface area contributed by atoms with Crippen LogP contribution in [-0.4, -0.2) is 28.1 Å². The van der Waals surface area contributed by atoms with Gasteiger partial charge in [-0.1, -0.05) is 66.2 Å². The average Bonchev–Trinajstić information content (AvgIpc) is 3.03. The highest BCUT2D eigenvalue weighted by molar-refractivity contribution is 5.81. The summed E-state index contributed by atoms with van der Waals surface area (Å²) < 4.78 is 5.61. The van der Waals surface area contributed by atoms with E-state index in [2.05, 4.69) is 35.3 Å². The fourth-order valence-corrected chi connectivity index (χ4v) is 4.68. The Hall–Kier alpha value is -3.14. The summed E-state index contributed by atoms with van der Waals surface area (Å²) >= 11 is 0. The van der Waals surface area contributed by atoms with E-state index in [4.69, 9.17) is 4.74 Å². The molecule has 2 atom stereocenters. The third-order valence-corrected chi connectivity index (χ3v) is 6.02. The lowest BCUT2D eigenvalue weighted by molar-refractivity contribution is 0.0816. The van der Waals surface area contributed by atoms with Gasteiger partial charge in [0.2, 0.25) is 0 Å². The van der Waals surface area contributed by atoms with Gasteiger partial charge in [0.15, 0.2) is 0 Å². The molecule has 0 aliphatic carbocycles. The van der Waals surface area contributed by atoms with Gasteiger partial charge in [-0.05, 0) is 42.9 Å². The number of nitrogens with zero attached hydrogens (tertiary/aromatic N) is 2. The monoisotopic (exact) mass is 384 g/mol. The number of carbonyl (C=O) groups excluding carboxylic acids is 1. The van der Waals surface area contributed by atoms with E-state index in [0.717, 1.165) is 36.8 Å². The second-order valence-corrected chi connectivity index (χ2v) is 7.94. The van der Waals surface area contributed by atoms with Crippen LogP contribution in [0.4, 0.5) is 4.79 Å². The Morgan fingerprint density at radius 2 is 1.90 bits per heavy atom. The van der Waals surface area contributed by atoms with Crippen molar-refractivity contribution in [1.29, 1.82) is 0 Å². The van der Waals surface area contributed by atoms with E-state index < -0.39 is 0 Å². The van der Waals surface area contributed by atoms with E-state index in [1.807, 2.05) is 47.5 Å². The molecular weight excluding hydrogens is 360 g/mol. The van der Waals surface area contributed by atoms with Gasteiger partial charge in [-0.25, -0.2) is 4.79 Å². The summed E-state index contributed by atoms with van der Waals surface area (Å²) in [5.41, 5.74) is 4.76. The van der Waals surface area contributed by atoms with Gasteiger partial charge in [-0.2, -0.15) is 0 Å². The van der Waals surface area contributed by atoms with Crippen molar-refractivity contribution in [3.8, 4) is 0 Å². The molecule has 146 valence electrons. The van der Waals surface area contributed by atoms with Crippen molar-refractivity contribution in [1.82, 2.24) is 9.88 Å². The number of amides is 1. The van der Waals surface area contributed by atoms with Crippen LogP contribution in [0.15, 0.2) is 78.5 Å². The first-order valence-corrected chi connectivity index (χ1v) is 10.3. The van der Waals surface area contributed by atoms with Crippen molar-refractivity contribution in [2.75, 3.05) is 0 Å². The zero-order valence-electron chi connectivity index (χ0n) is 16.3. The maximum atomic E-state index is 12.7. The maximum Gasteiger partial charge on any atom is 0.410 e. The van der Waals surface area contributed by atoms with E-state index in [0.29, 0.717) is 6.61 Å². The molecule has 2 aliphatic heterocycles. The Labute approximate surface area is 170 Å². The molecule has 2 bridgehead atoms. The number of benzene rings is 2. The molecule has 0 N–H and O–H groups in total. The molecule has 1 saturated heterocycles. The van der Waals surface area contributed by atoms with Crippen molar-refractivity contribution < 1.29 is 9.53 Å². The third-order valence-electron chi connectivity index (χ3n) is 6.02. The molecule has 29 heavy (non-hydrogen) atoms. The summed E-state index contributed by atoms with van der Waals surface area (Å²) in [6.45, 7) is 0.327. The van der Waals surface area contributed by atoms with Gasteiger partial charge in [-0.3, -0.25) is 9.88 Å². The van der Waals surface area contributed by atoms with Gasteiger partial charge in [0, 0.05) is 17.6 Å². The molecule has 3 aromatic rings. The molecule has 0 radical (unpaired) electrons. The topological polar surface area (TPSA) is 42.4 Å². The highest BCUT2D eigenvalue weighted by Crippen LogP contribution is 2.37. The normalized spacial score (nSPS) is 20.6. The van der Waals surface area contributed by atoms with Crippen LogP contribution in [0.5, 0.6) is 0 Å². The van der Waals surface area contributed by atoms with E-state index in [1.165, 1.54) is 16.5 Å². The molecule has 2 aromatic carbocycles. The van der Waals surface area contributed by atoms with Crippen molar-refractivity contribution in [3.63, 3.8) is 0 Å². The van der Waals surface area contributed by atoms with E-state index in [9.17, 15) is 4.79 Å². The smallest absolute Gasteiger partial charge is 0.410 e. The van der Waals surface area contributed by atoms with Crippen molar-refractivity contribution >= 4 is 17.0 Å². The second-order valence-electron chi connectivity index (χ2n) is 7.94. The summed E-state index contributed by atoms with van der Waals surface area (Å²) in [5.74, 6) is 0. The SMILES string of the molecule is O=C(OCc1ccccc1)N1C2C=C(Cc3cccc4cccnc34)CC1CC2. The molecule has 1 aromatic heterocycles. The van der Waals surface area contributed by atoms with Crippen molar-refractivity contribution in [2.45, 2.75) is 44.4 Å². The van der Waals surface area contributed by atoms with E-state index >= 15 is 0 Å². The maximum absolute atomic E-state index is 12.7. The molecule has 2 unspecified atom stereocenters. The van der Waals surface area contributed by atoms with Crippen LogP contribution in [0.2, 0.25) is 0 Å². The van der Waals surface area contributed by atoms with Crippen LogP contribution in [0.25, 0.3) is 10.9 Å². The fraction of sp³-hybridized carbons (Fsp3) is 0.280. The molecule has 4 nitrogen and oxygen atoms in total. The van der Waals surface area contributed by atoms with Crippen molar-refractivity contribution in [2.24, 2.45) is 0 Å². The van der Waals surface area contributed by atoms with Crippen LogP contribution < -0.4 is 0 Å². The third kappa shape index (κ3) is 3.63. The molecule has 5 rings (SSSR count). The predicted molar refractivity (Wildman–Crippen MR) is 113 cm³/mol. The molecule has 1 fully saturated rings. The zero-order valence-corrected chi connectivity index (χ0v) is 16.3. The molecule has 3 heterocycles. The van der Waals surface area contributed by atoms with Gasteiger partial charge in [-0.15, -0.1) is 0 Å². The number of pyridine rings is 1. The number of hydrogen-bond acceptors (Lipinski definition) is 3. The summed E-state index contributed by atoms with van der Waals surface area (Å²) in [6, 6.07) is 20.7. The van der Waals surface area contributed by atoms with E-state index in [1.54, 1.807) is 0 Å². The highest BCUT2D eigenvalue weighted by Gasteiger charge is 2.40. The van der Waals surface area contributed by atoms with Crippen LogP contribution in [0.3, 0.4) is 0 Å². The summed E-state index contributed by atoms with van der Waals surface area (Å²) in [4.78, 5) is 19.3. The zero-order chi connectivity index (χ0) is 19.6. The van der Waals surface area contributed by atoms with Gasteiger partial charge < -0.3 is 4.74 Å². The fourth-order valence-electron chi connectivity index (χ4n) is 4.68. The summed E-state index contributed by atoms with van der Waals surface area (Å²) in [6.07, 6.45) is 7.82. The number of ether oxygens (including phenoxy) is 1. The number of hydrogen-bond donors (Lipinski definition) is 0. The number of rotatable bonds is 4. The van der Waals surface area contributed by atoms with Crippen LogP contribution >= 0.6 is 0 Å². The molecule has 0 spiro atoms. The largest absolute Gasteiger partial charge is 0.445 e. The van der Waals surface area contributed by atoms with Crippen LogP contribution in [-0.2, 0) is 17.8 Å². The molecule has 2 aliphatic rings. The van der Waals surface area contributed by atoms with E-state index in [-0.39, 0.29) is 18.2 Å². The summed E-state index contributed by atoms with van der Waals surface area (Å²) in [7, 11) is 0. The molecule has 1 amide bonds. The highest BCUT2D eigenvalue weighted by atomic mass is 16.6. The standard InChI is InChI=1S/C25H24N2O2/c28-25(29-17-18-6-2-1-3-7-18)27-22-11-12-23(27)16-19(15-22)14-21-9-4-8-20-10-5-13-26-24(20)21/h1-10,13,15,22-23H,11-12,14,16-17H2. The number of para-hydroxylation sites is 1. The van der Waals surface area contributed by atoms with Gasteiger partial charge in [0.25, 0.3) is 0 Å². The lowest BCUT2D eigenvalue weighted by atomic mass is 9.94. The van der Waals surface area contributed by atoms with Gasteiger partial charge >= 0.3 is 6.09 Å². The first-order chi connectivity index (χ1) is 14.3. The Balaban J connectivity index is 1.30. The first kappa shape index (κ1) is 17.9. The number of carbonyl (C=O) groups is 1. The second kappa shape index (κ2) is 7.70. The Bertz CT molecular complexity index is 1060. The quantitative estimate of drug-likeness (QED) is 0.575. The van der Waals surface area contributed by atoms with Crippen molar-refractivity contribution in [3.05, 3.63) is 89.6 Å². The molecule has 0 saturated carbocycles. The first-order valence-electron chi connectivity index (χ1n) is 10.3. The molecular formula is C25H24N2O2. The van der Waals surface area contributed by atoms with Crippen LogP contribution in [0.1, 0.15) is 30.4 Å². The Morgan fingerprint density at radius 1 is 1.03 bits per heavy atom. The Morgan fingerprint density at radius 3 is 2.76 bits per heavy atom. The minimum Gasteiger partial charge on any atom is -0.445 e. The average molecular weight is 384 g/mol. The lowest BCUT2D eigenvalue weighted by Crippen LogP contribution is -2.43. The van der Waals surface area contributed by atoms with Gasteiger partial charge in [0.05, 0.1) is 11.6 Å². The predicted octanol–water partition coefficient (Wildman–Crippen LogP) is 5.28. The minimum absolute atomic E-state index is 0.148. The number of aromatic nitrogens is 1. The minimum atomic E-state index is -0.191. The Kier molecular flexibility index (Phi) is 4.76. The molecule has 4 heteroatoms.